The minimum absolute atomic E-state index is 0.0602. The van der Waals surface area contributed by atoms with Crippen LogP contribution in [0.4, 0.5) is 5.69 Å². The molecule has 3 aromatic carbocycles. The quantitative estimate of drug-likeness (QED) is 0.419. The van der Waals surface area contributed by atoms with E-state index in [1.807, 2.05) is 49.4 Å². The first kappa shape index (κ1) is 20.8. The summed E-state index contributed by atoms with van der Waals surface area (Å²) < 4.78 is 5.25. The maximum Gasteiger partial charge on any atom is 0.276 e. The first-order valence-corrected chi connectivity index (χ1v) is 11.0. The van der Waals surface area contributed by atoms with E-state index in [1.165, 1.54) is 17.1 Å². The molecule has 4 rings (SSSR count). The third-order valence-electron chi connectivity index (χ3n) is 5.08. The second-order valence-corrected chi connectivity index (χ2v) is 8.26. The largest absolute Gasteiger partial charge is 0.350 e. The van der Waals surface area contributed by atoms with Crippen LogP contribution in [0, 0.1) is 0 Å². The van der Waals surface area contributed by atoms with Crippen molar-refractivity contribution in [1.82, 2.24) is 9.69 Å². The lowest BCUT2D eigenvalue weighted by Gasteiger charge is -2.14. The van der Waals surface area contributed by atoms with Gasteiger partial charge in [0, 0.05) is 22.7 Å². The summed E-state index contributed by atoms with van der Waals surface area (Å²) in [4.78, 5) is 25.1. The summed E-state index contributed by atoms with van der Waals surface area (Å²) in [5, 5.41) is 6.73. The van der Waals surface area contributed by atoms with Crippen molar-refractivity contribution in [2.75, 3.05) is 5.32 Å². The molecular formula is C25H23N3O2S. The highest BCUT2D eigenvalue weighted by molar-refractivity contribution is 7.13. The second-order valence-electron chi connectivity index (χ2n) is 7.46. The van der Waals surface area contributed by atoms with E-state index in [2.05, 4.69) is 27.1 Å². The van der Waals surface area contributed by atoms with Crippen LogP contribution in [0.25, 0.3) is 10.1 Å². The number of aryl methyl sites for hydroxylation is 1. The smallest absolute Gasteiger partial charge is 0.276 e. The Labute approximate surface area is 185 Å². The number of nitrogens with one attached hydrogen (secondary N) is 2. The van der Waals surface area contributed by atoms with Crippen LogP contribution < -0.4 is 10.6 Å². The van der Waals surface area contributed by atoms with E-state index in [0.717, 1.165) is 22.9 Å². The van der Waals surface area contributed by atoms with Gasteiger partial charge in [0.25, 0.3) is 11.8 Å². The summed E-state index contributed by atoms with van der Waals surface area (Å²) in [5.74, 6) is -0.381. The van der Waals surface area contributed by atoms with Gasteiger partial charge < -0.3 is 10.6 Å². The summed E-state index contributed by atoms with van der Waals surface area (Å²) in [5.41, 5.74) is 2.85. The van der Waals surface area contributed by atoms with Crippen molar-refractivity contribution < 1.29 is 9.59 Å². The highest BCUT2D eigenvalue weighted by atomic mass is 32.1. The third-order valence-corrected chi connectivity index (χ3v) is 5.91. The fourth-order valence-electron chi connectivity index (χ4n) is 3.35. The van der Waals surface area contributed by atoms with Crippen molar-refractivity contribution in [2.24, 2.45) is 0 Å². The molecular weight excluding hydrogens is 406 g/mol. The molecule has 0 spiro atoms. The minimum Gasteiger partial charge on any atom is -0.350 e. The zero-order valence-corrected chi connectivity index (χ0v) is 18.0. The minimum atomic E-state index is -0.260. The van der Waals surface area contributed by atoms with Gasteiger partial charge in [-0.25, -0.2) is 0 Å². The van der Waals surface area contributed by atoms with Crippen LogP contribution in [0.2, 0.25) is 0 Å². The average Bonchev–Trinajstić information content (AvgIpc) is 3.23. The summed E-state index contributed by atoms with van der Waals surface area (Å²) >= 11 is 1.30. The van der Waals surface area contributed by atoms with Crippen LogP contribution in [-0.2, 0) is 6.42 Å². The second kappa shape index (κ2) is 9.53. The molecule has 0 aliphatic rings. The van der Waals surface area contributed by atoms with E-state index in [-0.39, 0.29) is 17.9 Å². The Balaban J connectivity index is 1.33. The monoisotopic (exact) mass is 429 g/mol. The fourth-order valence-corrected chi connectivity index (χ4v) is 4.13. The van der Waals surface area contributed by atoms with Crippen molar-refractivity contribution in [3.8, 4) is 0 Å². The standard InChI is InChI=1S/C25H23N3O2S/c1-17(11-12-18-7-3-2-4-8-18)26-24(29)19-13-15-20(16-14-19)27-25(30)23-21-9-5-6-10-22(21)31-28-23/h2-10,13-17H,11-12H2,1H3,(H,26,29)(H,27,30). The maximum absolute atomic E-state index is 12.6. The fraction of sp³-hybridized carbons (Fsp3) is 0.160. The van der Waals surface area contributed by atoms with Gasteiger partial charge in [-0.1, -0.05) is 48.5 Å². The molecule has 1 aromatic heterocycles. The number of anilines is 1. The highest BCUT2D eigenvalue weighted by Gasteiger charge is 2.15. The number of benzene rings is 3. The summed E-state index contributed by atoms with van der Waals surface area (Å²) in [6.07, 6.45) is 1.78. The van der Waals surface area contributed by atoms with Gasteiger partial charge in [-0.15, -0.1) is 0 Å². The maximum atomic E-state index is 12.6. The summed E-state index contributed by atoms with van der Waals surface area (Å²) in [6.45, 7) is 2.01. The van der Waals surface area contributed by atoms with Crippen molar-refractivity contribution >= 4 is 39.1 Å². The molecule has 0 saturated heterocycles. The van der Waals surface area contributed by atoms with Crippen LogP contribution in [0.5, 0.6) is 0 Å². The Bertz CT molecular complexity index is 1190. The molecule has 1 atom stereocenters. The van der Waals surface area contributed by atoms with E-state index in [1.54, 1.807) is 24.3 Å². The van der Waals surface area contributed by atoms with Crippen LogP contribution in [0.15, 0.2) is 78.9 Å². The number of rotatable bonds is 7. The van der Waals surface area contributed by atoms with Gasteiger partial charge in [0.05, 0.1) is 4.70 Å². The zero-order valence-electron chi connectivity index (χ0n) is 17.2. The Hall–Kier alpha value is -3.51. The zero-order chi connectivity index (χ0) is 21.6. The molecule has 2 amide bonds. The van der Waals surface area contributed by atoms with Crippen molar-refractivity contribution in [1.29, 1.82) is 0 Å². The molecule has 2 N–H and O–H groups in total. The molecule has 0 aliphatic heterocycles. The van der Waals surface area contributed by atoms with E-state index >= 15 is 0 Å². The van der Waals surface area contributed by atoms with Crippen LogP contribution >= 0.6 is 11.5 Å². The number of hydrogen-bond donors (Lipinski definition) is 2. The topological polar surface area (TPSA) is 71.1 Å². The number of hydrogen-bond acceptors (Lipinski definition) is 4. The molecule has 156 valence electrons. The van der Waals surface area contributed by atoms with Crippen LogP contribution in [0.1, 0.15) is 39.8 Å². The molecule has 0 fully saturated rings. The van der Waals surface area contributed by atoms with Crippen molar-refractivity contribution in [3.05, 3.63) is 95.7 Å². The molecule has 0 saturated carbocycles. The predicted octanol–water partition coefficient (Wildman–Crippen LogP) is 5.30. The molecule has 4 aromatic rings. The van der Waals surface area contributed by atoms with E-state index in [0.29, 0.717) is 16.9 Å². The molecule has 0 radical (unpaired) electrons. The van der Waals surface area contributed by atoms with Crippen molar-refractivity contribution in [2.45, 2.75) is 25.8 Å². The predicted molar refractivity (Wildman–Crippen MR) is 126 cm³/mol. The van der Waals surface area contributed by atoms with Gasteiger partial charge in [-0.2, -0.15) is 4.37 Å². The van der Waals surface area contributed by atoms with Gasteiger partial charge in [-0.3, -0.25) is 9.59 Å². The first-order valence-electron chi connectivity index (χ1n) is 10.2. The molecule has 0 aliphatic carbocycles. The number of amides is 2. The van der Waals surface area contributed by atoms with Crippen LogP contribution in [0.3, 0.4) is 0 Å². The number of nitrogens with zero attached hydrogens (tertiary/aromatic N) is 1. The lowest BCUT2D eigenvalue weighted by atomic mass is 10.1. The molecule has 5 nitrogen and oxygen atoms in total. The number of carbonyl (C=O) groups is 2. The highest BCUT2D eigenvalue weighted by Crippen LogP contribution is 2.23. The Morgan fingerprint density at radius 1 is 0.903 bits per heavy atom. The lowest BCUT2D eigenvalue weighted by molar-refractivity contribution is 0.0938. The van der Waals surface area contributed by atoms with Crippen LogP contribution in [-0.4, -0.2) is 22.2 Å². The molecule has 31 heavy (non-hydrogen) atoms. The third kappa shape index (κ3) is 5.16. The van der Waals surface area contributed by atoms with Gasteiger partial charge in [0.15, 0.2) is 0 Å². The molecule has 0 bridgehead atoms. The molecule has 1 unspecified atom stereocenters. The Morgan fingerprint density at radius 2 is 1.61 bits per heavy atom. The number of aromatic nitrogens is 1. The van der Waals surface area contributed by atoms with Gasteiger partial charge >= 0.3 is 0 Å². The van der Waals surface area contributed by atoms with Gasteiger partial charge in [-0.05, 0) is 67.2 Å². The van der Waals surface area contributed by atoms with E-state index in [9.17, 15) is 9.59 Å². The Morgan fingerprint density at radius 3 is 2.39 bits per heavy atom. The van der Waals surface area contributed by atoms with Gasteiger partial charge in [0.2, 0.25) is 0 Å². The van der Waals surface area contributed by atoms with E-state index < -0.39 is 0 Å². The SMILES string of the molecule is CC(CCc1ccccc1)NC(=O)c1ccc(NC(=O)c2nsc3ccccc23)cc1. The number of carbonyl (C=O) groups excluding carboxylic acids is 2. The molecule has 1 heterocycles. The normalized spacial score (nSPS) is 11.8. The molecule has 6 heteroatoms. The van der Waals surface area contributed by atoms with E-state index in [4.69, 9.17) is 0 Å². The number of fused-ring (bicyclic) bond motifs is 1. The van der Waals surface area contributed by atoms with Gasteiger partial charge in [0.1, 0.15) is 5.69 Å². The summed E-state index contributed by atoms with van der Waals surface area (Å²) in [7, 11) is 0. The lowest BCUT2D eigenvalue weighted by Crippen LogP contribution is -2.32. The van der Waals surface area contributed by atoms with Crippen molar-refractivity contribution in [3.63, 3.8) is 0 Å². The average molecular weight is 430 g/mol. The summed E-state index contributed by atoms with van der Waals surface area (Å²) in [6, 6.07) is 24.8. The Kier molecular flexibility index (Phi) is 6.38. The first-order chi connectivity index (χ1) is 15.1.